The van der Waals surface area contributed by atoms with Crippen LogP contribution in [0.25, 0.3) is 0 Å². The standard InChI is InChI=1S/C14H28N2O3S/c1-12(13-3-4-13)16(8-9-19-2)7-5-14-11-20(17,18)10-6-15-14/h12-15H,3-11H2,1-2H3. The fourth-order valence-electron chi connectivity index (χ4n) is 2.98. The van der Waals surface area contributed by atoms with E-state index in [2.05, 4.69) is 17.1 Å². The Kier molecular flexibility index (Phi) is 5.84. The molecule has 2 atom stereocenters. The lowest BCUT2D eigenvalue weighted by Crippen LogP contribution is -2.47. The van der Waals surface area contributed by atoms with Crippen LogP contribution in [0.5, 0.6) is 0 Å². The molecule has 6 heteroatoms. The van der Waals surface area contributed by atoms with Crippen LogP contribution in [-0.2, 0) is 14.6 Å². The second-order valence-corrected chi connectivity index (χ2v) is 8.39. The van der Waals surface area contributed by atoms with Gasteiger partial charge in [0.2, 0.25) is 0 Å². The van der Waals surface area contributed by atoms with Gasteiger partial charge < -0.3 is 10.1 Å². The summed E-state index contributed by atoms with van der Waals surface area (Å²) < 4.78 is 28.5. The van der Waals surface area contributed by atoms with E-state index in [1.54, 1.807) is 7.11 Å². The summed E-state index contributed by atoms with van der Waals surface area (Å²) in [5, 5.41) is 3.33. The second kappa shape index (κ2) is 7.20. The van der Waals surface area contributed by atoms with Gasteiger partial charge in [0.15, 0.2) is 9.84 Å². The molecule has 0 radical (unpaired) electrons. The number of sulfone groups is 1. The van der Waals surface area contributed by atoms with Gasteiger partial charge in [0.1, 0.15) is 0 Å². The fraction of sp³-hybridized carbons (Fsp3) is 1.00. The number of nitrogens with zero attached hydrogens (tertiary/aromatic N) is 1. The van der Waals surface area contributed by atoms with Crippen molar-refractivity contribution < 1.29 is 13.2 Å². The van der Waals surface area contributed by atoms with Crippen molar-refractivity contribution in [3.63, 3.8) is 0 Å². The van der Waals surface area contributed by atoms with Crippen molar-refractivity contribution in [1.29, 1.82) is 0 Å². The third kappa shape index (κ3) is 4.98. The van der Waals surface area contributed by atoms with Crippen molar-refractivity contribution in [3.05, 3.63) is 0 Å². The van der Waals surface area contributed by atoms with E-state index in [1.165, 1.54) is 12.8 Å². The molecule has 0 aromatic rings. The second-order valence-electron chi connectivity index (χ2n) is 6.16. The molecule has 1 heterocycles. The molecule has 20 heavy (non-hydrogen) atoms. The SMILES string of the molecule is COCCN(CCC1CS(=O)(=O)CCN1)C(C)C1CC1. The van der Waals surface area contributed by atoms with Crippen LogP contribution in [0.3, 0.4) is 0 Å². The minimum Gasteiger partial charge on any atom is -0.383 e. The number of hydrogen-bond acceptors (Lipinski definition) is 5. The van der Waals surface area contributed by atoms with E-state index in [1.807, 2.05) is 0 Å². The van der Waals surface area contributed by atoms with Crippen LogP contribution in [0.1, 0.15) is 26.2 Å². The molecule has 1 saturated heterocycles. The molecular formula is C14H28N2O3S. The van der Waals surface area contributed by atoms with Gasteiger partial charge in [0.05, 0.1) is 18.1 Å². The Labute approximate surface area is 123 Å². The maximum atomic E-state index is 11.7. The smallest absolute Gasteiger partial charge is 0.153 e. The first kappa shape index (κ1) is 16.2. The van der Waals surface area contributed by atoms with E-state index in [4.69, 9.17) is 4.74 Å². The third-order valence-corrected chi connectivity index (χ3v) is 6.27. The number of nitrogens with one attached hydrogen (secondary N) is 1. The average Bonchev–Trinajstić information content (AvgIpc) is 3.21. The zero-order valence-electron chi connectivity index (χ0n) is 12.7. The molecule has 2 unspecified atom stereocenters. The molecule has 0 amide bonds. The van der Waals surface area contributed by atoms with Crippen LogP contribution in [0.4, 0.5) is 0 Å². The van der Waals surface area contributed by atoms with E-state index >= 15 is 0 Å². The van der Waals surface area contributed by atoms with E-state index < -0.39 is 9.84 Å². The lowest BCUT2D eigenvalue weighted by Gasteiger charge is -2.31. The van der Waals surface area contributed by atoms with Gasteiger partial charge in [-0.2, -0.15) is 0 Å². The lowest BCUT2D eigenvalue weighted by atomic mass is 10.1. The lowest BCUT2D eigenvalue weighted by molar-refractivity contribution is 0.113. The maximum Gasteiger partial charge on any atom is 0.153 e. The molecule has 1 aliphatic heterocycles. The molecule has 2 rings (SSSR count). The summed E-state index contributed by atoms with van der Waals surface area (Å²) in [5.74, 6) is 1.41. The van der Waals surface area contributed by atoms with Crippen molar-refractivity contribution in [1.82, 2.24) is 10.2 Å². The Balaban J connectivity index is 1.81. The summed E-state index contributed by atoms with van der Waals surface area (Å²) >= 11 is 0. The quantitative estimate of drug-likeness (QED) is 0.708. The molecule has 0 spiro atoms. The minimum absolute atomic E-state index is 0.116. The van der Waals surface area contributed by atoms with E-state index in [9.17, 15) is 8.42 Å². The van der Waals surface area contributed by atoms with Crippen LogP contribution < -0.4 is 5.32 Å². The minimum atomic E-state index is -2.83. The molecule has 2 aliphatic rings. The Hall–Kier alpha value is -0.170. The maximum absolute atomic E-state index is 11.7. The van der Waals surface area contributed by atoms with Crippen molar-refractivity contribution in [2.24, 2.45) is 5.92 Å². The average molecular weight is 304 g/mol. The van der Waals surface area contributed by atoms with Gasteiger partial charge in [0, 0.05) is 38.8 Å². The number of rotatable bonds is 8. The summed E-state index contributed by atoms with van der Waals surface area (Å²) in [6, 6.07) is 0.704. The van der Waals surface area contributed by atoms with Crippen molar-refractivity contribution >= 4 is 9.84 Å². The van der Waals surface area contributed by atoms with E-state index in [0.29, 0.717) is 18.3 Å². The van der Waals surface area contributed by atoms with Gasteiger partial charge >= 0.3 is 0 Å². The number of ether oxygens (including phenoxy) is 1. The molecule has 5 nitrogen and oxygen atoms in total. The fourth-order valence-corrected chi connectivity index (χ4v) is 4.47. The molecule has 2 fully saturated rings. The molecular weight excluding hydrogens is 276 g/mol. The first-order valence-electron chi connectivity index (χ1n) is 7.68. The highest BCUT2D eigenvalue weighted by molar-refractivity contribution is 7.91. The van der Waals surface area contributed by atoms with Crippen molar-refractivity contribution in [2.45, 2.75) is 38.3 Å². The van der Waals surface area contributed by atoms with Gasteiger partial charge in [-0.15, -0.1) is 0 Å². The van der Waals surface area contributed by atoms with Crippen molar-refractivity contribution in [3.8, 4) is 0 Å². The normalized spacial score (nSPS) is 27.6. The third-order valence-electron chi connectivity index (χ3n) is 4.53. The van der Waals surface area contributed by atoms with Crippen LogP contribution >= 0.6 is 0 Å². The monoisotopic (exact) mass is 304 g/mol. The van der Waals surface area contributed by atoms with Gasteiger partial charge in [-0.05, 0) is 32.1 Å². The summed E-state index contributed by atoms with van der Waals surface area (Å²) in [5.41, 5.74) is 0. The zero-order valence-corrected chi connectivity index (χ0v) is 13.5. The predicted octanol–water partition coefficient (Wildman–Crippen LogP) is 0.510. The molecule has 0 aromatic heterocycles. The first-order valence-corrected chi connectivity index (χ1v) is 9.51. The van der Waals surface area contributed by atoms with Crippen LogP contribution in [0.15, 0.2) is 0 Å². The zero-order chi connectivity index (χ0) is 14.6. The Bertz CT molecular complexity index is 395. The van der Waals surface area contributed by atoms with E-state index in [0.717, 1.165) is 32.0 Å². The predicted molar refractivity (Wildman–Crippen MR) is 80.7 cm³/mol. The van der Waals surface area contributed by atoms with Gasteiger partial charge in [-0.1, -0.05) is 0 Å². The summed E-state index contributed by atoms with van der Waals surface area (Å²) in [6.07, 6.45) is 3.57. The van der Waals surface area contributed by atoms with E-state index in [-0.39, 0.29) is 11.8 Å². The summed E-state index contributed by atoms with van der Waals surface area (Å²) in [7, 11) is -1.10. The number of methoxy groups -OCH3 is 1. The highest BCUT2D eigenvalue weighted by Gasteiger charge is 2.32. The summed E-state index contributed by atoms with van der Waals surface area (Å²) in [4.78, 5) is 2.46. The van der Waals surface area contributed by atoms with Gasteiger partial charge in [-0.25, -0.2) is 8.42 Å². The Morgan fingerprint density at radius 3 is 2.70 bits per heavy atom. The molecule has 1 N–H and O–H groups in total. The molecule has 1 saturated carbocycles. The number of hydrogen-bond donors (Lipinski definition) is 1. The Morgan fingerprint density at radius 1 is 1.35 bits per heavy atom. The van der Waals surface area contributed by atoms with Crippen molar-refractivity contribution in [2.75, 3.05) is 44.9 Å². The van der Waals surface area contributed by atoms with Crippen LogP contribution in [0.2, 0.25) is 0 Å². The molecule has 0 bridgehead atoms. The summed E-state index contributed by atoms with van der Waals surface area (Å²) in [6.45, 7) is 5.52. The van der Waals surface area contributed by atoms with Gasteiger partial charge in [-0.3, -0.25) is 4.90 Å². The highest BCUT2D eigenvalue weighted by atomic mass is 32.2. The largest absolute Gasteiger partial charge is 0.383 e. The topological polar surface area (TPSA) is 58.6 Å². The first-order chi connectivity index (χ1) is 9.52. The van der Waals surface area contributed by atoms with Gasteiger partial charge in [0.25, 0.3) is 0 Å². The molecule has 1 aliphatic carbocycles. The highest BCUT2D eigenvalue weighted by Crippen LogP contribution is 2.35. The molecule has 118 valence electrons. The Morgan fingerprint density at radius 2 is 2.10 bits per heavy atom. The molecule has 0 aromatic carbocycles. The van der Waals surface area contributed by atoms with Crippen LogP contribution in [-0.4, -0.2) is 70.3 Å². The van der Waals surface area contributed by atoms with Crippen LogP contribution in [0, 0.1) is 5.92 Å².